The van der Waals surface area contributed by atoms with Crippen molar-refractivity contribution in [2.24, 2.45) is 5.92 Å². The maximum absolute atomic E-state index is 12.4. The zero-order valence-electron chi connectivity index (χ0n) is 12.2. The molecule has 2 aliphatic rings. The van der Waals surface area contributed by atoms with E-state index < -0.39 is 0 Å². The van der Waals surface area contributed by atoms with E-state index in [2.05, 4.69) is 55.9 Å². The quantitative estimate of drug-likeness (QED) is 0.683. The molecule has 5 heteroatoms. The van der Waals surface area contributed by atoms with Crippen LogP contribution in [-0.2, 0) is 9.53 Å². The van der Waals surface area contributed by atoms with Crippen molar-refractivity contribution in [3.63, 3.8) is 0 Å². The van der Waals surface area contributed by atoms with Crippen molar-refractivity contribution in [2.75, 3.05) is 14.2 Å². The van der Waals surface area contributed by atoms with Gasteiger partial charge in [0.15, 0.2) is 0 Å². The number of carbonyl (C=O) groups is 1. The Bertz CT molecular complexity index is 563. The summed E-state index contributed by atoms with van der Waals surface area (Å²) in [4.78, 5) is 14.7. The molecule has 21 heavy (non-hydrogen) atoms. The standard InChI is InChI=1S/C16H19Br2NO2/c1-19-10-4-6-14(19)15(16(20)21-2)11(8-10)9-3-5-12(17)13(18)7-9/h3,5,7,10-11,14-15H,4,6,8H2,1-2H3. The molecule has 2 fully saturated rings. The molecular weight excluding hydrogens is 398 g/mol. The van der Waals surface area contributed by atoms with Crippen molar-refractivity contribution in [2.45, 2.75) is 37.3 Å². The van der Waals surface area contributed by atoms with Gasteiger partial charge in [-0.1, -0.05) is 6.07 Å². The molecule has 3 nitrogen and oxygen atoms in total. The topological polar surface area (TPSA) is 29.5 Å². The van der Waals surface area contributed by atoms with E-state index in [4.69, 9.17) is 4.74 Å². The number of rotatable bonds is 2. The highest BCUT2D eigenvalue weighted by Crippen LogP contribution is 2.47. The number of hydrogen-bond acceptors (Lipinski definition) is 3. The van der Waals surface area contributed by atoms with E-state index >= 15 is 0 Å². The Labute approximate surface area is 142 Å². The fourth-order valence-electron chi connectivity index (χ4n) is 4.01. The van der Waals surface area contributed by atoms with Crippen LogP contribution in [0.25, 0.3) is 0 Å². The molecular formula is C16H19Br2NO2. The zero-order chi connectivity index (χ0) is 15.1. The minimum Gasteiger partial charge on any atom is -0.469 e. The lowest BCUT2D eigenvalue weighted by Gasteiger charge is -2.41. The lowest BCUT2D eigenvalue weighted by molar-refractivity contribution is -0.150. The molecule has 4 unspecified atom stereocenters. The molecule has 2 aliphatic heterocycles. The molecule has 0 amide bonds. The number of ether oxygens (including phenoxy) is 1. The van der Waals surface area contributed by atoms with Crippen LogP contribution in [0.1, 0.15) is 30.7 Å². The van der Waals surface area contributed by atoms with Gasteiger partial charge in [0, 0.05) is 26.9 Å². The van der Waals surface area contributed by atoms with Gasteiger partial charge in [0.25, 0.3) is 0 Å². The Hall–Kier alpha value is -0.390. The molecule has 114 valence electrons. The van der Waals surface area contributed by atoms with Gasteiger partial charge in [0.1, 0.15) is 0 Å². The minimum absolute atomic E-state index is 0.0631. The van der Waals surface area contributed by atoms with Gasteiger partial charge in [-0.25, -0.2) is 0 Å². The summed E-state index contributed by atoms with van der Waals surface area (Å²) >= 11 is 7.08. The molecule has 4 atom stereocenters. The second-order valence-corrected chi connectivity index (χ2v) is 7.74. The molecule has 0 radical (unpaired) electrons. The summed E-state index contributed by atoms with van der Waals surface area (Å²) in [5.41, 5.74) is 1.23. The number of nitrogens with zero attached hydrogens (tertiary/aromatic N) is 1. The Balaban J connectivity index is 1.98. The number of hydrogen-bond donors (Lipinski definition) is 0. The van der Waals surface area contributed by atoms with Crippen LogP contribution >= 0.6 is 31.9 Å². The van der Waals surface area contributed by atoms with Gasteiger partial charge in [-0.05, 0) is 75.9 Å². The first-order valence-electron chi connectivity index (χ1n) is 7.27. The number of methoxy groups -OCH3 is 1. The van der Waals surface area contributed by atoms with Crippen LogP contribution in [0, 0.1) is 5.92 Å². The summed E-state index contributed by atoms with van der Waals surface area (Å²) in [6, 6.07) is 7.20. The number of esters is 1. The van der Waals surface area contributed by atoms with E-state index in [1.165, 1.54) is 19.1 Å². The summed E-state index contributed by atoms with van der Waals surface area (Å²) in [6.07, 6.45) is 3.30. The summed E-state index contributed by atoms with van der Waals surface area (Å²) in [5, 5.41) is 0. The van der Waals surface area contributed by atoms with E-state index in [1.54, 1.807) is 0 Å². The minimum atomic E-state index is -0.0729. The molecule has 2 bridgehead atoms. The smallest absolute Gasteiger partial charge is 0.310 e. The largest absolute Gasteiger partial charge is 0.469 e. The first-order valence-corrected chi connectivity index (χ1v) is 8.86. The average molecular weight is 417 g/mol. The first-order chi connectivity index (χ1) is 10.0. The Kier molecular flexibility index (Phi) is 4.44. The fraction of sp³-hybridized carbons (Fsp3) is 0.562. The molecule has 3 rings (SSSR count). The highest BCUT2D eigenvalue weighted by Gasteiger charge is 2.49. The maximum atomic E-state index is 12.4. The van der Waals surface area contributed by atoms with Crippen molar-refractivity contribution in [3.05, 3.63) is 32.7 Å². The highest BCUT2D eigenvalue weighted by atomic mass is 79.9. The molecule has 0 saturated carbocycles. The summed E-state index contributed by atoms with van der Waals surface area (Å²) in [5.74, 6) is 0.110. The monoisotopic (exact) mass is 415 g/mol. The summed E-state index contributed by atoms with van der Waals surface area (Å²) in [6.45, 7) is 0. The maximum Gasteiger partial charge on any atom is 0.310 e. The molecule has 0 aromatic heterocycles. The van der Waals surface area contributed by atoms with Crippen LogP contribution in [0.2, 0.25) is 0 Å². The molecule has 2 saturated heterocycles. The lowest BCUT2D eigenvalue weighted by Crippen LogP contribution is -2.49. The van der Waals surface area contributed by atoms with E-state index in [9.17, 15) is 4.79 Å². The third kappa shape index (κ3) is 2.68. The van der Waals surface area contributed by atoms with E-state index in [1.807, 2.05) is 6.07 Å². The van der Waals surface area contributed by atoms with E-state index in [0.29, 0.717) is 12.1 Å². The van der Waals surface area contributed by atoms with Gasteiger partial charge in [-0.2, -0.15) is 0 Å². The highest BCUT2D eigenvalue weighted by molar-refractivity contribution is 9.13. The molecule has 0 aliphatic carbocycles. The average Bonchev–Trinajstić information content (AvgIpc) is 2.72. The lowest BCUT2D eigenvalue weighted by atomic mass is 9.76. The predicted molar refractivity (Wildman–Crippen MR) is 89.3 cm³/mol. The van der Waals surface area contributed by atoms with Crippen molar-refractivity contribution in [1.82, 2.24) is 4.90 Å². The van der Waals surface area contributed by atoms with Crippen LogP contribution < -0.4 is 0 Å². The predicted octanol–water partition coefficient (Wildman–Crippen LogP) is 3.95. The Morgan fingerprint density at radius 2 is 2.05 bits per heavy atom. The van der Waals surface area contributed by atoms with Gasteiger partial charge in [-0.3, -0.25) is 9.69 Å². The van der Waals surface area contributed by atoms with Crippen LogP contribution in [0.3, 0.4) is 0 Å². The third-order valence-corrected chi connectivity index (χ3v) is 6.99. The zero-order valence-corrected chi connectivity index (χ0v) is 15.4. The Morgan fingerprint density at radius 1 is 1.29 bits per heavy atom. The SMILES string of the molecule is COC(=O)C1C(c2ccc(Br)c(Br)c2)CC2CCC1N2C. The van der Waals surface area contributed by atoms with Crippen LogP contribution in [-0.4, -0.2) is 37.1 Å². The molecule has 2 heterocycles. The molecule has 0 spiro atoms. The number of benzene rings is 1. The molecule has 1 aromatic carbocycles. The van der Waals surface area contributed by atoms with E-state index in [-0.39, 0.29) is 17.8 Å². The molecule has 1 aromatic rings. The number of fused-ring (bicyclic) bond motifs is 2. The Morgan fingerprint density at radius 3 is 2.71 bits per heavy atom. The van der Waals surface area contributed by atoms with Crippen molar-refractivity contribution in [3.8, 4) is 0 Å². The van der Waals surface area contributed by atoms with Crippen LogP contribution in [0.4, 0.5) is 0 Å². The normalized spacial score (nSPS) is 32.2. The number of halogens is 2. The van der Waals surface area contributed by atoms with Crippen molar-refractivity contribution < 1.29 is 9.53 Å². The fourth-order valence-corrected chi connectivity index (χ4v) is 4.65. The van der Waals surface area contributed by atoms with E-state index in [0.717, 1.165) is 21.8 Å². The van der Waals surface area contributed by atoms with Crippen molar-refractivity contribution in [1.29, 1.82) is 0 Å². The van der Waals surface area contributed by atoms with Crippen LogP contribution in [0.15, 0.2) is 27.1 Å². The van der Waals surface area contributed by atoms with Gasteiger partial charge in [0.2, 0.25) is 0 Å². The third-order valence-electron chi connectivity index (χ3n) is 5.11. The summed E-state index contributed by atoms with van der Waals surface area (Å²) < 4.78 is 7.18. The summed E-state index contributed by atoms with van der Waals surface area (Å²) in [7, 11) is 3.64. The second kappa shape index (κ2) is 6.01. The van der Waals surface area contributed by atoms with Gasteiger partial charge >= 0.3 is 5.97 Å². The van der Waals surface area contributed by atoms with Crippen molar-refractivity contribution >= 4 is 37.8 Å². The number of carbonyl (C=O) groups excluding carboxylic acids is 1. The van der Waals surface area contributed by atoms with Gasteiger partial charge < -0.3 is 4.74 Å². The number of piperidine rings is 1. The van der Waals surface area contributed by atoms with Gasteiger partial charge in [-0.15, -0.1) is 0 Å². The first kappa shape index (κ1) is 15.5. The molecule has 0 N–H and O–H groups in total. The van der Waals surface area contributed by atoms with Gasteiger partial charge in [0.05, 0.1) is 13.0 Å². The second-order valence-electron chi connectivity index (χ2n) is 6.03. The van der Waals surface area contributed by atoms with Crippen LogP contribution in [0.5, 0.6) is 0 Å².